The molecule has 1 aliphatic rings. The minimum absolute atomic E-state index is 0.152. The quantitative estimate of drug-likeness (QED) is 0.126. The molecule has 0 saturated heterocycles. The monoisotopic (exact) mass is 722 g/mol. The van der Waals surface area contributed by atoms with Crippen LogP contribution in [0, 0.1) is 0 Å². The molecule has 11 aromatic rings. The minimum Gasteiger partial charge on any atom is -0.0616 e. The second-order valence-corrected chi connectivity index (χ2v) is 16.4. The molecule has 57 heavy (non-hydrogen) atoms. The lowest BCUT2D eigenvalue weighted by Crippen LogP contribution is -2.15. The zero-order valence-electron chi connectivity index (χ0n) is 32.0. The fourth-order valence-corrected chi connectivity index (χ4v) is 10.3. The maximum atomic E-state index is 2.49. The summed E-state index contributed by atoms with van der Waals surface area (Å²) < 4.78 is 0. The average Bonchev–Trinajstić information content (AvgIpc) is 3.49. The van der Waals surface area contributed by atoms with Gasteiger partial charge in [0.2, 0.25) is 0 Å². The van der Waals surface area contributed by atoms with Crippen LogP contribution < -0.4 is 0 Å². The van der Waals surface area contributed by atoms with Gasteiger partial charge in [0, 0.05) is 5.41 Å². The Morgan fingerprint density at radius 3 is 1.40 bits per heavy atom. The van der Waals surface area contributed by atoms with Crippen LogP contribution in [-0.2, 0) is 5.41 Å². The molecule has 0 bridgehead atoms. The first kappa shape index (κ1) is 32.2. The molecule has 11 aromatic carbocycles. The van der Waals surface area contributed by atoms with Crippen LogP contribution in [0.5, 0.6) is 0 Å². The summed E-state index contributed by atoms with van der Waals surface area (Å²) in [6.45, 7) is 4.84. The highest BCUT2D eigenvalue weighted by molar-refractivity contribution is 6.24. The van der Waals surface area contributed by atoms with Crippen molar-refractivity contribution in [2.24, 2.45) is 0 Å². The molecular formula is C57H38. The third kappa shape index (κ3) is 4.68. The van der Waals surface area contributed by atoms with Gasteiger partial charge in [0.15, 0.2) is 0 Å². The van der Waals surface area contributed by atoms with Crippen molar-refractivity contribution in [2.45, 2.75) is 19.3 Å². The second kappa shape index (κ2) is 12.0. The Hall–Kier alpha value is -7.02. The number of hydrogen-bond acceptors (Lipinski definition) is 0. The van der Waals surface area contributed by atoms with E-state index in [1.807, 2.05) is 0 Å². The molecule has 0 nitrogen and oxygen atoms in total. The van der Waals surface area contributed by atoms with E-state index in [1.54, 1.807) is 0 Å². The van der Waals surface area contributed by atoms with Gasteiger partial charge in [0.1, 0.15) is 0 Å². The second-order valence-electron chi connectivity index (χ2n) is 16.4. The zero-order chi connectivity index (χ0) is 37.8. The summed E-state index contributed by atoms with van der Waals surface area (Å²) >= 11 is 0. The molecule has 0 N–H and O–H groups in total. The van der Waals surface area contributed by atoms with Crippen molar-refractivity contribution in [1.29, 1.82) is 0 Å². The Labute approximate surface area is 332 Å². The highest BCUT2D eigenvalue weighted by Gasteiger charge is 2.38. The molecule has 0 radical (unpaired) electrons. The van der Waals surface area contributed by atoms with Gasteiger partial charge in [-0.15, -0.1) is 0 Å². The first-order valence-corrected chi connectivity index (χ1v) is 20.1. The molecule has 0 saturated carbocycles. The standard InChI is InChI=1S/C57H38/c1-57(2)52-34-39-17-6-5-16-38(39)32-51(52)55-44-21-8-7-20-43(44)50-33-42(28-29-49(50)56(55)57)54-47-24-11-9-22-45(47)53(46-23-10-12-25-48(46)54)41-19-13-18-37(31-41)40-27-26-35-14-3-4-15-36(35)30-40/h3-34H,1-2H3. The van der Waals surface area contributed by atoms with Gasteiger partial charge >= 0.3 is 0 Å². The Kier molecular flexibility index (Phi) is 6.78. The third-order valence-corrected chi connectivity index (χ3v) is 12.9. The highest BCUT2D eigenvalue weighted by Crippen LogP contribution is 2.56. The molecule has 0 spiro atoms. The predicted octanol–water partition coefficient (Wildman–Crippen LogP) is 15.9. The van der Waals surface area contributed by atoms with Gasteiger partial charge in [0.25, 0.3) is 0 Å². The molecule has 0 fully saturated rings. The molecular weight excluding hydrogens is 685 g/mol. The summed E-state index contributed by atoms with van der Waals surface area (Å²) in [5.74, 6) is 0. The first-order chi connectivity index (χ1) is 28.0. The van der Waals surface area contributed by atoms with Crippen LogP contribution >= 0.6 is 0 Å². The van der Waals surface area contributed by atoms with E-state index in [4.69, 9.17) is 0 Å². The minimum atomic E-state index is -0.152. The fourth-order valence-electron chi connectivity index (χ4n) is 10.3. The molecule has 0 atom stereocenters. The number of benzene rings is 11. The molecule has 0 heterocycles. The molecule has 0 unspecified atom stereocenters. The van der Waals surface area contributed by atoms with Gasteiger partial charge in [-0.05, 0) is 151 Å². The van der Waals surface area contributed by atoms with E-state index in [1.165, 1.54) is 120 Å². The van der Waals surface area contributed by atoms with Crippen LogP contribution in [0.3, 0.4) is 0 Å². The SMILES string of the molecule is CC1(C)c2cc3ccccc3cc2-c2c1c1ccc(-c3c4ccccc4c(-c4cccc(-c5ccc6ccccc6c5)c4)c4ccccc34)cc1c1ccccc21. The summed E-state index contributed by atoms with van der Waals surface area (Å²) in [6, 6.07) is 72.6. The summed E-state index contributed by atoms with van der Waals surface area (Å²) in [6.07, 6.45) is 0. The zero-order valence-corrected chi connectivity index (χ0v) is 32.0. The van der Waals surface area contributed by atoms with Gasteiger partial charge < -0.3 is 0 Å². The molecule has 1 aliphatic carbocycles. The van der Waals surface area contributed by atoms with Gasteiger partial charge in [-0.2, -0.15) is 0 Å². The lowest BCUT2D eigenvalue weighted by Gasteiger charge is -2.25. The van der Waals surface area contributed by atoms with E-state index in [-0.39, 0.29) is 5.41 Å². The van der Waals surface area contributed by atoms with Crippen LogP contribution in [0.1, 0.15) is 25.0 Å². The van der Waals surface area contributed by atoms with Crippen molar-refractivity contribution < 1.29 is 0 Å². The highest BCUT2D eigenvalue weighted by atomic mass is 14.4. The van der Waals surface area contributed by atoms with Crippen LogP contribution in [0.15, 0.2) is 194 Å². The van der Waals surface area contributed by atoms with Crippen LogP contribution in [-0.4, -0.2) is 0 Å². The summed E-state index contributed by atoms with van der Waals surface area (Å²) in [5.41, 5.74) is 13.0. The van der Waals surface area contributed by atoms with E-state index in [9.17, 15) is 0 Å². The lowest BCUT2D eigenvalue weighted by atomic mass is 9.78. The van der Waals surface area contributed by atoms with E-state index in [0.717, 1.165) is 0 Å². The van der Waals surface area contributed by atoms with Gasteiger partial charge in [-0.1, -0.05) is 178 Å². The van der Waals surface area contributed by atoms with Crippen molar-refractivity contribution in [3.05, 3.63) is 205 Å². The molecule has 0 aromatic heterocycles. The van der Waals surface area contributed by atoms with Crippen molar-refractivity contribution in [2.75, 3.05) is 0 Å². The van der Waals surface area contributed by atoms with Crippen molar-refractivity contribution >= 4 is 64.6 Å². The topological polar surface area (TPSA) is 0 Å². The maximum absolute atomic E-state index is 2.49. The van der Waals surface area contributed by atoms with E-state index >= 15 is 0 Å². The van der Waals surface area contributed by atoms with Crippen LogP contribution in [0.25, 0.3) is 109 Å². The average molecular weight is 723 g/mol. The molecule has 266 valence electrons. The molecule has 0 amide bonds. The van der Waals surface area contributed by atoms with Crippen LogP contribution in [0.4, 0.5) is 0 Å². The summed E-state index contributed by atoms with van der Waals surface area (Å²) in [4.78, 5) is 0. The van der Waals surface area contributed by atoms with Crippen molar-refractivity contribution in [3.63, 3.8) is 0 Å². The number of rotatable bonds is 3. The predicted molar refractivity (Wildman–Crippen MR) is 245 cm³/mol. The lowest BCUT2D eigenvalue weighted by molar-refractivity contribution is 0.667. The van der Waals surface area contributed by atoms with E-state index in [2.05, 4.69) is 208 Å². The summed E-state index contributed by atoms with van der Waals surface area (Å²) in [7, 11) is 0. The molecule has 0 heteroatoms. The van der Waals surface area contributed by atoms with Gasteiger partial charge in [-0.25, -0.2) is 0 Å². The normalized spacial score (nSPS) is 13.2. The van der Waals surface area contributed by atoms with Gasteiger partial charge in [-0.3, -0.25) is 0 Å². The third-order valence-electron chi connectivity index (χ3n) is 12.9. The van der Waals surface area contributed by atoms with E-state index in [0.29, 0.717) is 0 Å². The van der Waals surface area contributed by atoms with Crippen molar-refractivity contribution in [1.82, 2.24) is 0 Å². The van der Waals surface area contributed by atoms with Gasteiger partial charge in [0.05, 0.1) is 0 Å². The molecule has 12 rings (SSSR count). The Balaban J connectivity index is 1.10. The largest absolute Gasteiger partial charge is 0.0616 e. The Morgan fingerprint density at radius 1 is 0.281 bits per heavy atom. The smallest absolute Gasteiger partial charge is 0.0165 e. The van der Waals surface area contributed by atoms with Crippen LogP contribution in [0.2, 0.25) is 0 Å². The Bertz CT molecular complexity index is 3430. The fraction of sp³-hybridized carbons (Fsp3) is 0.0526. The number of hydrogen-bond donors (Lipinski definition) is 0. The number of fused-ring (bicyclic) bond motifs is 12. The molecule has 0 aliphatic heterocycles. The van der Waals surface area contributed by atoms with Crippen molar-refractivity contribution in [3.8, 4) is 44.5 Å². The van der Waals surface area contributed by atoms with E-state index < -0.39 is 0 Å². The Morgan fingerprint density at radius 2 is 0.754 bits per heavy atom. The maximum Gasteiger partial charge on any atom is 0.0165 e. The summed E-state index contributed by atoms with van der Waals surface area (Å²) in [5, 5.41) is 15.5. The first-order valence-electron chi connectivity index (χ1n) is 20.1.